The van der Waals surface area contributed by atoms with Crippen molar-refractivity contribution in [2.45, 2.75) is 0 Å². The van der Waals surface area contributed by atoms with Crippen LogP contribution < -0.4 is 10.2 Å². The average Bonchev–Trinajstić information content (AvgIpc) is 2.28. The van der Waals surface area contributed by atoms with Crippen LogP contribution in [-0.4, -0.2) is 9.13 Å². The van der Waals surface area contributed by atoms with Gasteiger partial charge in [0.25, 0.3) is 0 Å². The predicted octanol–water partition coefficient (Wildman–Crippen LogP) is 23.9. The summed E-state index contributed by atoms with van der Waals surface area (Å²) in [5.41, 5.74) is 22.6. The normalized spacial score (nSPS) is 11.0. The zero-order valence-corrected chi connectivity index (χ0v) is 50.4. The van der Waals surface area contributed by atoms with Crippen molar-refractivity contribution in [2.24, 2.45) is 0 Å². The van der Waals surface area contributed by atoms with Gasteiger partial charge in [-0.05, 0) is 178 Å². The second-order valence-corrected chi connectivity index (χ2v) is 22.8. The molecule has 0 fully saturated rings. The largest absolute Gasteiger partial charge is 0.356 e. The van der Waals surface area contributed by atoms with E-state index < -0.39 is 0 Å². The molecular formula is C84H61BrN4. The van der Waals surface area contributed by atoms with Gasteiger partial charge in [-0.2, -0.15) is 0 Å². The van der Waals surface area contributed by atoms with Gasteiger partial charge < -0.3 is 19.4 Å². The summed E-state index contributed by atoms with van der Waals surface area (Å²) in [5.74, 6) is 0. The summed E-state index contributed by atoms with van der Waals surface area (Å²) in [6, 6.07) is 129. The molecule has 89 heavy (non-hydrogen) atoms. The molecule has 2 heterocycles. The van der Waals surface area contributed by atoms with E-state index in [0.717, 1.165) is 32.9 Å². The minimum Gasteiger partial charge on any atom is -0.356 e. The third kappa shape index (κ3) is 12.0. The van der Waals surface area contributed by atoms with Gasteiger partial charge in [-0.1, -0.05) is 246 Å². The molecule has 0 spiro atoms. The first-order valence-electron chi connectivity index (χ1n) is 30.1. The van der Waals surface area contributed by atoms with Crippen molar-refractivity contribution >= 4 is 88.0 Å². The molecule has 4 nitrogen and oxygen atoms in total. The van der Waals surface area contributed by atoms with Crippen molar-refractivity contribution in [1.29, 1.82) is 0 Å². The van der Waals surface area contributed by atoms with Gasteiger partial charge in [0, 0.05) is 65.8 Å². The molecule has 0 aliphatic heterocycles. The number of benzene rings is 14. The Balaban J connectivity index is 0.000000130. The summed E-state index contributed by atoms with van der Waals surface area (Å²) in [7, 11) is 0. The van der Waals surface area contributed by atoms with E-state index in [1.807, 2.05) is 24.3 Å². The van der Waals surface area contributed by atoms with Crippen molar-refractivity contribution in [3.8, 4) is 55.9 Å². The van der Waals surface area contributed by atoms with Crippen LogP contribution in [0.2, 0.25) is 0 Å². The van der Waals surface area contributed by atoms with E-state index in [4.69, 9.17) is 0 Å². The number of anilines is 5. The number of halogens is 1. The first-order valence-corrected chi connectivity index (χ1v) is 30.9. The molecule has 0 bridgehead atoms. The highest BCUT2D eigenvalue weighted by Crippen LogP contribution is 2.40. The smallest absolute Gasteiger partial charge is 0.0541 e. The summed E-state index contributed by atoms with van der Waals surface area (Å²) < 4.78 is 5.80. The fraction of sp³-hybridized carbons (Fsp3) is 0. The Morgan fingerprint density at radius 1 is 0.225 bits per heavy atom. The topological polar surface area (TPSA) is 25.1 Å². The lowest BCUT2D eigenvalue weighted by Crippen LogP contribution is -2.09. The molecule has 0 unspecified atom stereocenters. The number of hydrogen-bond donors (Lipinski definition) is 1. The van der Waals surface area contributed by atoms with E-state index in [1.54, 1.807) is 0 Å². The number of fused-ring (bicyclic) bond motifs is 6. The Labute approximate surface area is 528 Å². The molecule has 0 saturated carbocycles. The average molecular weight is 1210 g/mol. The van der Waals surface area contributed by atoms with Gasteiger partial charge in [0.15, 0.2) is 0 Å². The Hall–Kier alpha value is -11.2. The maximum atomic E-state index is 3.52. The van der Waals surface area contributed by atoms with Crippen LogP contribution >= 0.6 is 15.9 Å². The van der Waals surface area contributed by atoms with Crippen LogP contribution in [0.25, 0.3) is 99.5 Å². The van der Waals surface area contributed by atoms with Crippen molar-refractivity contribution in [1.82, 2.24) is 9.13 Å². The van der Waals surface area contributed by atoms with Crippen LogP contribution in [0.5, 0.6) is 0 Å². The molecule has 16 rings (SSSR count). The van der Waals surface area contributed by atoms with Gasteiger partial charge in [0.1, 0.15) is 0 Å². The summed E-state index contributed by atoms with van der Waals surface area (Å²) in [4.78, 5) is 2.31. The van der Waals surface area contributed by atoms with Crippen LogP contribution in [0.15, 0.2) is 368 Å². The van der Waals surface area contributed by atoms with Gasteiger partial charge in [-0.25, -0.2) is 0 Å². The second kappa shape index (κ2) is 25.8. The van der Waals surface area contributed by atoms with Gasteiger partial charge in [0.2, 0.25) is 0 Å². The first kappa shape index (κ1) is 55.6. The van der Waals surface area contributed by atoms with E-state index in [9.17, 15) is 0 Å². The SMILES string of the molecule is Brc1ccc(-c2ccc3c(c2)c2ccccc2n3-c2ccccc2)cc1.c1ccc(-c2ccc(N(c3ccccc3)c3ccc(-c4ccc5c(c4)c4ccccc4n5-c4ccccc4)cc3)cc2)cc1.c1ccc(Nc2ccc(-c3ccccc3)cc2)cc1. The molecule has 16 aromatic rings. The second-order valence-electron chi connectivity index (χ2n) is 21.9. The molecule has 5 heteroatoms. The van der Waals surface area contributed by atoms with Crippen LogP contribution in [0, 0.1) is 0 Å². The molecule has 0 amide bonds. The van der Waals surface area contributed by atoms with Crippen molar-refractivity contribution in [3.63, 3.8) is 0 Å². The van der Waals surface area contributed by atoms with Crippen molar-refractivity contribution < 1.29 is 0 Å². The fourth-order valence-electron chi connectivity index (χ4n) is 12.0. The summed E-state index contributed by atoms with van der Waals surface area (Å²) >= 11 is 3.52. The van der Waals surface area contributed by atoms with E-state index in [2.05, 4.69) is 375 Å². The van der Waals surface area contributed by atoms with Crippen molar-refractivity contribution in [3.05, 3.63) is 368 Å². The molecule has 0 aliphatic carbocycles. The quantitative estimate of drug-likeness (QED) is 0.140. The molecule has 0 atom stereocenters. The number of nitrogens with zero attached hydrogens (tertiary/aromatic N) is 3. The summed E-state index contributed by atoms with van der Waals surface area (Å²) in [5, 5.41) is 8.47. The fourth-order valence-corrected chi connectivity index (χ4v) is 12.2. The molecule has 0 radical (unpaired) electrons. The molecular weight excluding hydrogens is 1140 g/mol. The van der Waals surface area contributed by atoms with Gasteiger partial charge in [-0.15, -0.1) is 0 Å². The number of nitrogens with one attached hydrogen (secondary N) is 1. The van der Waals surface area contributed by atoms with E-state index in [-0.39, 0.29) is 0 Å². The highest BCUT2D eigenvalue weighted by molar-refractivity contribution is 9.10. The molecule has 0 aliphatic rings. The van der Waals surface area contributed by atoms with Gasteiger partial charge in [-0.3, -0.25) is 0 Å². The standard InChI is InChI=1S/C42H30N2.C24H16BrN.C18H15N/c1-4-12-31(13-5-1)32-20-25-37(26-21-32)43(35-14-6-2-7-15-35)38-27-22-33(23-28-38)34-24-29-42-40(30-34)39-18-10-11-19-41(39)44(42)36-16-8-3-9-17-36;25-19-13-10-17(11-14-19)18-12-15-24-22(16-18)21-8-4-5-9-23(21)26(24)20-6-2-1-3-7-20;1-3-7-15(8-4-1)16-11-13-18(14-12-16)19-17-9-5-2-6-10-17/h1-30H;1-16H;1-14,19H. The Kier molecular flexibility index (Phi) is 16.1. The molecule has 2 aromatic heterocycles. The van der Waals surface area contributed by atoms with Gasteiger partial charge in [0.05, 0.1) is 22.1 Å². The first-order chi connectivity index (χ1) is 44.1. The third-order valence-corrected chi connectivity index (χ3v) is 16.8. The van der Waals surface area contributed by atoms with Crippen LogP contribution in [0.3, 0.4) is 0 Å². The maximum absolute atomic E-state index is 3.52. The lowest BCUT2D eigenvalue weighted by atomic mass is 10.0. The Bertz CT molecular complexity index is 4980. The molecule has 0 saturated heterocycles. The third-order valence-electron chi connectivity index (χ3n) is 16.3. The molecule has 1 N–H and O–H groups in total. The summed E-state index contributed by atoms with van der Waals surface area (Å²) in [6.07, 6.45) is 0. The Morgan fingerprint density at radius 3 is 0.955 bits per heavy atom. The maximum Gasteiger partial charge on any atom is 0.0541 e. The predicted molar refractivity (Wildman–Crippen MR) is 382 cm³/mol. The van der Waals surface area contributed by atoms with Crippen LogP contribution in [0.1, 0.15) is 0 Å². The minimum absolute atomic E-state index is 1.10. The van der Waals surface area contributed by atoms with E-state index in [1.165, 1.54) is 99.5 Å². The van der Waals surface area contributed by atoms with Crippen molar-refractivity contribution in [2.75, 3.05) is 10.2 Å². The van der Waals surface area contributed by atoms with Crippen LogP contribution in [0.4, 0.5) is 28.4 Å². The highest BCUT2D eigenvalue weighted by atomic mass is 79.9. The zero-order valence-electron chi connectivity index (χ0n) is 48.9. The lowest BCUT2D eigenvalue weighted by Gasteiger charge is -2.26. The zero-order chi connectivity index (χ0) is 59.7. The minimum atomic E-state index is 1.10. The number of para-hydroxylation sites is 6. The highest BCUT2D eigenvalue weighted by Gasteiger charge is 2.17. The molecule has 14 aromatic carbocycles. The Morgan fingerprint density at radius 2 is 0.517 bits per heavy atom. The number of hydrogen-bond acceptors (Lipinski definition) is 2. The van der Waals surface area contributed by atoms with Crippen LogP contribution in [-0.2, 0) is 0 Å². The summed E-state index contributed by atoms with van der Waals surface area (Å²) in [6.45, 7) is 0. The lowest BCUT2D eigenvalue weighted by molar-refractivity contribution is 1.18. The van der Waals surface area contributed by atoms with Gasteiger partial charge >= 0.3 is 0 Å². The number of aromatic nitrogens is 2. The molecule has 424 valence electrons. The monoisotopic (exact) mass is 1200 g/mol. The number of rotatable bonds is 11. The van der Waals surface area contributed by atoms with E-state index in [0.29, 0.717) is 0 Å². The van der Waals surface area contributed by atoms with E-state index >= 15 is 0 Å².